The van der Waals surface area contributed by atoms with Crippen molar-refractivity contribution in [3.05, 3.63) is 77.2 Å². The third kappa shape index (κ3) is 3.72. The second kappa shape index (κ2) is 7.57. The van der Waals surface area contributed by atoms with Crippen molar-refractivity contribution in [1.82, 2.24) is 20.0 Å². The van der Waals surface area contributed by atoms with Crippen LogP contribution in [0.3, 0.4) is 0 Å². The minimum Gasteiger partial charge on any atom is -0.454 e. The minimum atomic E-state index is -0.309. The lowest BCUT2D eigenvalue weighted by molar-refractivity contribution is 0.102. The number of benzene rings is 2. The van der Waals surface area contributed by atoms with Gasteiger partial charge in [-0.05, 0) is 42.0 Å². The van der Waals surface area contributed by atoms with Gasteiger partial charge >= 0.3 is 0 Å². The number of hydrogen-bond acceptors (Lipinski definition) is 5. The van der Waals surface area contributed by atoms with Crippen molar-refractivity contribution in [3.63, 3.8) is 0 Å². The van der Waals surface area contributed by atoms with Crippen molar-refractivity contribution in [1.29, 1.82) is 0 Å². The summed E-state index contributed by atoms with van der Waals surface area (Å²) in [6.45, 7) is 0.757. The Kier molecular flexibility index (Phi) is 4.61. The highest BCUT2D eigenvalue weighted by molar-refractivity contribution is 6.30. The quantitative estimate of drug-likeness (QED) is 0.508. The number of aromatic nitrogens is 4. The van der Waals surface area contributed by atoms with Crippen LogP contribution in [0.1, 0.15) is 16.1 Å². The summed E-state index contributed by atoms with van der Waals surface area (Å²) in [5.74, 6) is 1.05. The monoisotopic (exact) mass is 421 g/mol. The number of anilines is 1. The standard InChI is InChI=1S/C21H16ClN5O3/c22-15-3-1-2-13(6-15)10-27-11-16(9-23-27)24-21(28)18-8-17(25-26-18)14-4-5-19-20(7-14)30-12-29-19/h1-9,11H,10,12H2,(H,24,28)(H,25,26). The Morgan fingerprint density at radius 1 is 1.17 bits per heavy atom. The van der Waals surface area contributed by atoms with Crippen LogP contribution in [0, 0.1) is 0 Å². The molecule has 2 aromatic carbocycles. The molecule has 0 bridgehead atoms. The summed E-state index contributed by atoms with van der Waals surface area (Å²) in [6.07, 6.45) is 3.35. The molecular formula is C21H16ClN5O3. The van der Waals surface area contributed by atoms with Crippen LogP contribution in [0.15, 0.2) is 60.9 Å². The lowest BCUT2D eigenvalue weighted by Crippen LogP contribution is -2.11. The molecule has 2 N–H and O–H groups in total. The number of carbonyl (C=O) groups excluding carboxylic acids is 1. The van der Waals surface area contributed by atoms with Gasteiger partial charge in [-0.1, -0.05) is 23.7 Å². The molecule has 0 atom stereocenters. The van der Waals surface area contributed by atoms with Crippen LogP contribution in [-0.4, -0.2) is 32.7 Å². The molecule has 9 heteroatoms. The fourth-order valence-electron chi connectivity index (χ4n) is 3.18. The Hall–Kier alpha value is -3.78. The number of carbonyl (C=O) groups is 1. The number of H-pyrrole nitrogens is 1. The fraction of sp³-hybridized carbons (Fsp3) is 0.0952. The number of amides is 1. The lowest BCUT2D eigenvalue weighted by atomic mass is 10.1. The molecule has 1 aliphatic heterocycles. The van der Waals surface area contributed by atoms with Gasteiger partial charge in [0, 0.05) is 16.8 Å². The second-order valence-electron chi connectivity index (χ2n) is 6.75. The number of fused-ring (bicyclic) bond motifs is 1. The molecule has 3 heterocycles. The number of nitrogens with zero attached hydrogens (tertiary/aromatic N) is 3. The molecule has 0 aliphatic carbocycles. The van der Waals surface area contributed by atoms with E-state index >= 15 is 0 Å². The van der Waals surface area contributed by atoms with E-state index in [1.54, 1.807) is 23.1 Å². The van der Waals surface area contributed by atoms with Gasteiger partial charge in [-0.15, -0.1) is 0 Å². The lowest BCUT2D eigenvalue weighted by Gasteiger charge is -2.02. The number of nitrogens with one attached hydrogen (secondary N) is 2. The van der Waals surface area contributed by atoms with Gasteiger partial charge in [0.15, 0.2) is 11.5 Å². The third-order valence-corrected chi connectivity index (χ3v) is 4.85. The molecule has 1 amide bonds. The topological polar surface area (TPSA) is 94.1 Å². The van der Waals surface area contributed by atoms with Crippen LogP contribution in [0.4, 0.5) is 5.69 Å². The molecule has 0 unspecified atom stereocenters. The van der Waals surface area contributed by atoms with Gasteiger partial charge in [-0.2, -0.15) is 10.2 Å². The van der Waals surface area contributed by atoms with Crippen molar-refractivity contribution < 1.29 is 14.3 Å². The van der Waals surface area contributed by atoms with Crippen molar-refractivity contribution in [3.8, 4) is 22.8 Å². The van der Waals surface area contributed by atoms with Crippen LogP contribution in [0.2, 0.25) is 5.02 Å². The molecule has 0 spiro atoms. The zero-order valence-electron chi connectivity index (χ0n) is 15.6. The minimum absolute atomic E-state index is 0.206. The number of halogens is 1. The largest absolute Gasteiger partial charge is 0.454 e. The van der Waals surface area contributed by atoms with E-state index in [0.29, 0.717) is 40.1 Å². The number of rotatable bonds is 5. The second-order valence-corrected chi connectivity index (χ2v) is 7.18. The van der Waals surface area contributed by atoms with Gasteiger partial charge in [0.05, 0.1) is 24.1 Å². The molecule has 4 aromatic rings. The van der Waals surface area contributed by atoms with Gasteiger partial charge in [-0.3, -0.25) is 14.6 Å². The third-order valence-electron chi connectivity index (χ3n) is 4.62. The van der Waals surface area contributed by atoms with E-state index in [-0.39, 0.29) is 12.7 Å². The van der Waals surface area contributed by atoms with E-state index in [2.05, 4.69) is 20.6 Å². The predicted molar refractivity (Wildman–Crippen MR) is 111 cm³/mol. The highest BCUT2D eigenvalue weighted by atomic mass is 35.5. The number of aromatic amines is 1. The van der Waals surface area contributed by atoms with Gasteiger partial charge in [-0.25, -0.2) is 0 Å². The van der Waals surface area contributed by atoms with Crippen LogP contribution >= 0.6 is 11.6 Å². The first kappa shape index (κ1) is 18.3. The van der Waals surface area contributed by atoms with Crippen LogP contribution < -0.4 is 14.8 Å². The van der Waals surface area contributed by atoms with E-state index in [0.717, 1.165) is 11.1 Å². The Morgan fingerprint density at radius 3 is 2.97 bits per heavy atom. The number of hydrogen-bond donors (Lipinski definition) is 2. The van der Waals surface area contributed by atoms with Gasteiger partial charge in [0.25, 0.3) is 5.91 Å². The first-order valence-electron chi connectivity index (χ1n) is 9.18. The highest BCUT2D eigenvalue weighted by Gasteiger charge is 2.17. The predicted octanol–water partition coefficient (Wildman–Crippen LogP) is 3.96. The first-order chi connectivity index (χ1) is 14.6. The molecule has 150 valence electrons. The molecule has 8 nitrogen and oxygen atoms in total. The Morgan fingerprint density at radius 2 is 2.07 bits per heavy atom. The van der Waals surface area contributed by atoms with Crippen molar-refractivity contribution in [2.45, 2.75) is 6.54 Å². The Balaban J connectivity index is 1.27. The molecule has 0 saturated carbocycles. The SMILES string of the molecule is O=C(Nc1cnn(Cc2cccc(Cl)c2)c1)c1cc(-c2ccc3c(c2)OCO3)n[nH]1. The average molecular weight is 422 g/mol. The van der Waals surface area contributed by atoms with Gasteiger partial charge in [0.2, 0.25) is 6.79 Å². The molecular weight excluding hydrogens is 406 g/mol. The van der Waals surface area contributed by atoms with E-state index in [4.69, 9.17) is 21.1 Å². The van der Waals surface area contributed by atoms with Crippen LogP contribution in [-0.2, 0) is 6.54 Å². The van der Waals surface area contributed by atoms with Crippen molar-refractivity contribution >= 4 is 23.2 Å². The number of ether oxygens (including phenoxy) is 2. The van der Waals surface area contributed by atoms with Gasteiger partial charge < -0.3 is 14.8 Å². The Labute approximate surface area is 176 Å². The molecule has 2 aromatic heterocycles. The Bertz CT molecular complexity index is 1230. The van der Waals surface area contributed by atoms with E-state index in [1.165, 1.54) is 0 Å². The highest BCUT2D eigenvalue weighted by Crippen LogP contribution is 2.35. The summed E-state index contributed by atoms with van der Waals surface area (Å²) in [4.78, 5) is 12.6. The summed E-state index contributed by atoms with van der Waals surface area (Å²) in [5.41, 5.74) is 3.40. The molecule has 0 radical (unpaired) electrons. The van der Waals surface area contributed by atoms with E-state index in [9.17, 15) is 4.79 Å². The summed E-state index contributed by atoms with van der Waals surface area (Å²) in [5, 5.41) is 14.8. The molecule has 30 heavy (non-hydrogen) atoms. The van der Waals surface area contributed by atoms with Crippen LogP contribution in [0.5, 0.6) is 11.5 Å². The molecule has 0 saturated heterocycles. The van der Waals surface area contributed by atoms with Gasteiger partial charge in [0.1, 0.15) is 5.69 Å². The smallest absolute Gasteiger partial charge is 0.273 e. The molecule has 0 fully saturated rings. The summed E-state index contributed by atoms with van der Waals surface area (Å²) in [7, 11) is 0. The maximum absolute atomic E-state index is 12.6. The molecule has 1 aliphatic rings. The molecule has 5 rings (SSSR count). The summed E-state index contributed by atoms with van der Waals surface area (Å²) < 4.78 is 12.4. The zero-order chi connectivity index (χ0) is 20.5. The van der Waals surface area contributed by atoms with Crippen LogP contribution in [0.25, 0.3) is 11.3 Å². The van der Waals surface area contributed by atoms with Crippen molar-refractivity contribution in [2.24, 2.45) is 0 Å². The first-order valence-corrected chi connectivity index (χ1v) is 9.55. The average Bonchev–Trinajstić information content (AvgIpc) is 3.48. The van der Waals surface area contributed by atoms with E-state index < -0.39 is 0 Å². The maximum atomic E-state index is 12.6. The zero-order valence-corrected chi connectivity index (χ0v) is 16.4. The van der Waals surface area contributed by atoms with E-state index in [1.807, 2.05) is 42.5 Å². The summed E-state index contributed by atoms with van der Waals surface area (Å²) >= 11 is 6.02. The van der Waals surface area contributed by atoms with Crippen molar-refractivity contribution in [2.75, 3.05) is 12.1 Å². The summed E-state index contributed by atoms with van der Waals surface area (Å²) in [6, 6.07) is 14.8. The maximum Gasteiger partial charge on any atom is 0.273 e. The normalized spacial score (nSPS) is 12.2. The fourth-order valence-corrected chi connectivity index (χ4v) is 3.39.